The predicted molar refractivity (Wildman–Crippen MR) is 78.4 cm³/mol. The number of hydrogen-bond donors (Lipinski definition) is 1. The summed E-state index contributed by atoms with van der Waals surface area (Å²) in [4.78, 5) is 7.00. The molecule has 1 N–H and O–H groups in total. The molecule has 1 aliphatic heterocycles. The maximum absolute atomic E-state index is 5.05. The lowest BCUT2D eigenvalue weighted by Gasteiger charge is -2.32. The van der Waals surface area contributed by atoms with Gasteiger partial charge in [0.1, 0.15) is 5.82 Å². The van der Waals surface area contributed by atoms with E-state index in [4.69, 9.17) is 4.74 Å². The van der Waals surface area contributed by atoms with Gasteiger partial charge < -0.3 is 15.0 Å². The zero-order valence-corrected chi connectivity index (χ0v) is 12.1. The van der Waals surface area contributed by atoms with Crippen LogP contribution >= 0.6 is 0 Å². The van der Waals surface area contributed by atoms with Crippen LogP contribution in [0.5, 0.6) is 0 Å². The highest BCUT2D eigenvalue weighted by molar-refractivity contribution is 5.47. The molecule has 19 heavy (non-hydrogen) atoms. The third-order valence-electron chi connectivity index (χ3n) is 3.75. The van der Waals surface area contributed by atoms with Gasteiger partial charge >= 0.3 is 0 Å². The Labute approximate surface area is 116 Å². The van der Waals surface area contributed by atoms with Gasteiger partial charge in [-0.1, -0.05) is 13.0 Å². The molecule has 0 aromatic carbocycles. The largest absolute Gasteiger partial charge is 0.383 e. The minimum atomic E-state index is 0.747. The SMILES string of the molecule is COCCNCc1cccnc1N1CCC(C)CC1. The van der Waals surface area contributed by atoms with E-state index in [2.05, 4.69) is 28.2 Å². The monoisotopic (exact) mass is 263 g/mol. The van der Waals surface area contributed by atoms with Gasteiger partial charge in [0.25, 0.3) is 0 Å². The van der Waals surface area contributed by atoms with Crippen LogP contribution in [0.3, 0.4) is 0 Å². The molecule has 0 radical (unpaired) electrons. The van der Waals surface area contributed by atoms with Crippen molar-refractivity contribution < 1.29 is 4.74 Å². The number of pyridine rings is 1. The first-order valence-electron chi connectivity index (χ1n) is 7.19. The topological polar surface area (TPSA) is 37.4 Å². The van der Waals surface area contributed by atoms with Crippen LogP contribution in [0.25, 0.3) is 0 Å². The summed E-state index contributed by atoms with van der Waals surface area (Å²) in [6, 6.07) is 4.18. The second kappa shape index (κ2) is 7.46. The molecule has 2 rings (SSSR count). The van der Waals surface area contributed by atoms with Crippen LogP contribution in [-0.4, -0.2) is 38.3 Å². The summed E-state index contributed by atoms with van der Waals surface area (Å²) < 4.78 is 5.05. The second-order valence-electron chi connectivity index (χ2n) is 5.33. The van der Waals surface area contributed by atoms with Gasteiger partial charge in [-0.25, -0.2) is 4.98 Å². The van der Waals surface area contributed by atoms with Gasteiger partial charge in [-0.05, 0) is 24.8 Å². The van der Waals surface area contributed by atoms with E-state index in [1.807, 2.05) is 12.3 Å². The van der Waals surface area contributed by atoms with Crippen molar-refractivity contribution >= 4 is 5.82 Å². The Morgan fingerprint density at radius 3 is 2.95 bits per heavy atom. The Hall–Kier alpha value is -1.13. The minimum absolute atomic E-state index is 0.747. The maximum atomic E-state index is 5.05. The number of aromatic nitrogens is 1. The molecule has 1 aromatic rings. The summed E-state index contributed by atoms with van der Waals surface area (Å²) in [5.74, 6) is 2.00. The highest BCUT2D eigenvalue weighted by Crippen LogP contribution is 2.23. The summed E-state index contributed by atoms with van der Waals surface area (Å²) >= 11 is 0. The van der Waals surface area contributed by atoms with E-state index < -0.39 is 0 Å². The van der Waals surface area contributed by atoms with Gasteiger partial charge in [0.2, 0.25) is 0 Å². The number of anilines is 1. The summed E-state index contributed by atoms with van der Waals surface area (Å²) in [7, 11) is 1.73. The second-order valence-corrected chi connectivity index (χ2v) is 5.33. The van der Waals surface area contributed by atoms with Crippen molar-refractivity contribution in [3.05, 3.63) is 23.9 Å². The molecule has 4 nitrogen and oxygen atoms in total. The summed E-state index contributed by atoms with van der Waals surface area (Å²) in [6.07, 6.45) is 4.44. The minimum Gasteiger partial charge on any atom is -0.383 e. The Kier molecular flexibility index (Phi) is 5.61. The molecule has 1 fully saturated rings. The van der Waals surface area contributed by atoms with Crippen LogP contribution in [-0.2, 0) is 11.3 Å². The van der Waals surface area contributed by atoms with Gasteiger partial charge in [-0.15, -0.1) is 0 Å². The number of nitrogens with one attached hydrogen (secondary N) is 1. The predicted octanol–water partition coefficient (Wildman–Crippen LogP) is 2.05. The van der Waals surface area contributed by atoms with Crippen LogP contribution in [0.4, 0.5) is 5.82 Å². The fourth-order valence-electron chi connectivity index (χ4n) is 2.47. The Morgan fingerprint density at radius 2 is 2.21 bits per heavy atom. The molecule has 0 spiro atoms. The number of methoxy groups -OCH3 is 1. The molecule has 2 heterocycles. The molecule has 0 saturated carbocycles. The van der Waals surface area contributed by atoms with Crippen molar-refractivity contribution in [3.63, 3.8) is 0 Å². The molecular formula is C15H25N3O. The Morgan fingerprint density at radius 1 is 1.42 bits per heavy atom. The molecular weight excluding hydrogens is 238 g/mol. The van der Waals surface area contributed by atoms with Crippen LogP contribution in [0.2, 0.25) is 0 Å². The van der Waals surface area contributed by atoms with Crippen LogP contribution in [0, 0.1) is 5.92 Å². The smallest absolute Gasteiger partial charge is 0.133 e. The lowest BCUT2D eigenvalue weighted by molar-refractivity contribution is 0.199. The van der Waals surface area contributed by atoms with Gasteiger partial charge in [0.05, 0.1) is 6.61 Å². The van der Waals surface area contributed by atoms with Gasteiger partial charge in [-0.2, -0.15) is 0 Å². The zero-order valence-electron chi connectivity index (χ0n) is 12.1. The molecule has 1 saturated heterocycles. The Balaban J connectivity index is 1.95. The van der Waals surface area contributed by atoms with E-state index in [1.165, 1.54) is 18.4 Å². The molecule has 4 heteroatoms. The summed E-state index contributed by atoms with van der Waals surface area (Å²) in [5.41, 5.74) is 1.29. The van der Waals surface area contributed by atoms with Crippen LogP contribution in [0.15, 0.2) is 18.3 Å². The number of nitrogens with zero attached hydrogens (tertiary/aromatic N) is 2. The average Bonchev–Trinajstić information content (AvgIpc) is 2.45. The van der Waals surface area contributed by atoms with Crippen molar-refractivity contribution in [2.24, 2.45) is 5.92 Å². The molecule has 0 unspecified atom stereocenters. The zero-order chi connectivity index (χ0) is 13.5. The standard InChI is InChI=1S/C15H25N3O/c1-13-5-9-18(10-6-13)15-14(4-3-7-17-15)12-16-8-11-19-2/h3-4,7,13,16H,5-6,8-12H2,1-2H3. The van der Waals surface area contributed by atoms with Gasteiger partial charge in [0, 0.05) is 45.0 Å². The molecule has 106 valence electrons. The van der Waals surface area contributed by atoms with Gasteiger partial charge in [0.15, 0.2) is 0 Å². The molecule has 1 aliphatic rings. The van der Waals surface area contributed by atoms with Crippen molar-refractivity contribution in [3.8, 4) is 0 Å². The number of ether oxygens (including phenoxy) is 1. The third kappa shape index (κ3) is 4.18. The van der Waals surface area contributed by atoms with Crippen LogP contribution in [0.1, 0.15) is 25.3 Å². The quantitative estimate of drug-likeness (QED) is 0.797. The van der Waals surface area contributed by atoms with E-state index in [0.717, 1.165) is 44.5 Å². The Bertz CT molecular complexity index is 375. The van der Waals surface area contributed by atoms with Crippen molar-refractivity contribution in [1.29, 1.82) is 0 Å². The fraction of sp³-hybridized carbons (Fsp3) is 0.667. The lowest BCUT2D eigenvalue weighted by atomic mass is 9.99. The molecule has 1 aromatic heterocycles. The first-order valence-corrected chi connectivity index (χ1v) is 7.19. The van der Waals surface area contributed by atoms with Crippen molar-refractivity contribution in [2.45, 2.75) is 26.3 Å². The van der Waals surface area contributed by atoms with E-state index >= 15 is 0 Å². The number of piperidine rings is 1. The third-order valence-corrected chi connectivity index (χ3v) is 3.75. The molecule has 0 aliphatic carbocycles. The van der Waals surface area contributed by atoms with E-state index in [1.54, 1.807) is 7.11 Å². The van der Waals surface area contributed by atoms with Gasteiger partial charge in [-0.3, -0.25) is 0 Å². The highest BCUT2D eigenvalue weighted by Gasteiger charge is 2.18. The van der Waals surface area contributed by atoms with E-state index in [0.29, 0.717) is 0 Å². The van der Waals surface area contributed by atoms with Crippen molar-refractivity contribution in [1.82, 2.24) is 10.3 Å². The molecule has 0 bridgehead atoms. The molecule has 0 atom stereocenters. The molecule has 0 amide bonds. The first-order chi connectivity index (χ1) is 9.31. The normalized spacial score (nSPS) is 16.8. The first kappa shape index (κ1) is 14.3. The number of rotatable bonds is 6. The van der Waals surface area contributed by atoms with Crippen molar-refractivity contribution in [2.75, 3.05) is 38.3 Å². The van der Waals surface area contributed by atoms with E-state index in [9.17, 15) is 0 Å². The summed E-state index contributed by atoms with van der Waals surface area (Å²) in [5, 5.41) is 3.40. The van der Waals surface area contributed by atoms with Crippen LogP contribution < -0.4 is 10.2 Å². The summed E-state index contributed by atoms with van der Waals surface area (Å²) in [6.45, 7) is 7.08. The number of hydrogen-bond acceptors (Lipinski definition) is 4. The highest BCUT2D eigenvalue weighted by atomic mass is 16.5. The maximum Gasteiger partial charge on any atom is 0.133 e. The fourth-order valence-corrected chi connectivity index (χ4v) is 2.47. The average molecular weight is 263 g/mol. The lowest BCUT2D eigenvalue weighted by Crippen LogP contribution is -2.34. The van der Waals surface area contributed by atoms with E-state index in [-0.39, 0.29) is 0 Å².